The molecule has 0 radical (unpaired) electrons. The van der Waals surface area contributed by atoms with Gasteiger partial charge in [-0.25, -0.2) is 0 Å². The van der Waals surface area contributed by atoms with E-state index >= 15 is 0 Å². The minimum atomic E-state index is -1.02. The second-order valence-corrected chi connectivity index (χ2v) is 4.37. The van der Waals surface area contributed by atoms with E-state index in [1.54, 1.807) is 12.1 Å². The van der Waals surface area contributed by atoms with Crippen molar-refractivity contribution in [3.8, 4) is 0 Å². The van der Waals surface area contributed by atoms with Crippen molar-refractivity contribution in [2.45, 2.75) is 26.7 Å². The maximum absolute atomic E-state index is 11.7. The molecule has 0 bridgehead atoms. The summed E-state index contributed by atoms with van der Waals surface area (Å²) >= 11 is 0. The van der Waals surface area contributed by atoms with Gasteiger partial charge in [0.1, 0.15) is 6.54 Å². The number of amides is 1. The van der Waals surface area contributed by atoms with Gasteiger partial charge in [0, 0.05) is 18.5 Å². The monoisotopic (exact) mass is 261 g/mol. The molecule has 1 N–H and O–H groups in total. The van der Waals surface area contributed by atoms with Crippen LogP contribution in [0.4, 0.5) is 5.69 Å². The van der Waals surface area contributed by atoms with Crippen molar-refractivity contribution in [2.24, 2.45) is 0 Å². The zero-order valence-corrected chi connectivity index (χ0v) is 11.5. The van der Waals surface area contributed by atoms with Gasteiger partial charge in [0.25, 0.3) is 0 Å². The topological polar surface area (TPSA) is 57.6 Å². The van der Waals surface area contributed by atoms with Crippen LogP contribution in [0, 0.1) is 0 Å². The predicted octanol–water partition coefficient (Wildman–Crippen LogP) is 2.80. The highest BCUT2D eigenvalue weighted by atomic mass is 16.4. The van der Waals surface area contributed by atoms with Gasteiger partial charge in [0.05, 0.1) is 0 Å². The number of aliphatic carboxylic acids is 1. The molecule has 1 rings (SSSR count). The van der Waals surface area contributed by atoms with Gasteiger partial charge in [0.15, 0.2) is 0 Å². The van der Waals surface area contributed by atoms with Crippen molar-refractivity contribution in [3.05, 3.63) is 42.0 Å². The first-order valence-corrected chi connectivity index (χ1v) is 6.19. The van der Waals surface area contributed by atoms with Gasteiger partial charge in [-0.1, -0.05) is 37.3 Å². The molecule has 0 aliphatic carbocycles. The summed E-state index contributed by atoms with van der Waals surface area (Å²) < 4.78 is 0. The predicted molar refractivity (Wildman–Crippen MR) is 75.3 cm³/mol. The van der Waals surface area contributed by atoms with Gasteiger partial charge in [-0.3, -0.25) is 9.59 Å². The number of carbonyl (C=O) groups is 2. The van der Waals surface area contributed by atoms with E-state index in [1.807, 2.05) is 38.1 Å². The minimum Gasteiger partial charge on any atom is -0.480 e. The molecule has 1 atom stereocenters. The van der Waals surface area contributed by atoms with Gasteiger partial charge in [-0.05, 0) is 18.6 Å². The number of para-hydroxylation sites is 1. The zero-order chi connectivity index (χ0) is 14.4. The summed E-state index contributed by atoms with van der Waals surface area (Å²) in [7, 11) is 0. The van der Waals surface area contributed by atoms with Crippen LogP contribution in [0.2, 0.25) is 0 Å². The lowest BCUT2D eigenvalue weighted by molar-refractivity contribution is -0.136. The Kier molecular flexibility index (Phi) is 5.30. The molecule has 0 heterocycles. The maximum Gasteiger partial charge on any atom is 0.323 e. The Morgan fingerprint density at radius 3 is 2.53 bits per heavy atom. The van der Waals surface area contributed by atoms with Crippen molar-refractivity contribution >= 4 is 17.6 Å². The van der Waals surface area contributed by atoms with Crippen LogP contribution in [0.3, 0.4) is 0 Å². The summed E-state index contributed by atoms with van der Waals surface area (Å²) in [5.74, 6) is -1.18. The van der Waals surface area contributed by atoms with Crippen LogP contribution in [0.15, 0.2) is 36.4 Å². The highest BCUT2D eigenvalue weighted by Gasteiger charge is 2.19. The number of carbonyl (C=O) groups excluding carboxylic acids is 1. The molecular weight excluding hydrogens is 242 g/mol. The lowest BCUT2D eigenvalue weighted by atomic mass is 9.98. The Bertz CT molecular complexity index is 494. The number of rotatable bonds is 5. The quantitative estimate of drug-likeness (QED) is 0.829. The van der Waals surface area contributed by atoms with Crippen molar-refractivity contribution in [3.63, 3.8) is 0 Å². The fraction of sp³-hybridized carbons (Fsp3) is 0.333. The maximum atomic E-state index is 11.7. The average Bonchev–Trinajstić information content (AvgIpc) is 2.36. The summed E-state index contributed by atoms with van der Waals surface area (Å²) in [4.78, 5) is 23.8. The lowest BCUT2D eigenvalue weighted by Crippen LogP contribution is -2.34. The molecule has 4 heteroatoms. The summed E-state index contributed by atoms with van der Waals surface area (Å²) in [6, 6.07) is 7.38. The Labute approximate surface area is 113 Å². The third-order valence-corrected chi connectivity index (χ3v) is 2.87. The molecular formula is C15H19NO3. The molecule has 0 aliphatic heterocycles. The fourth-order valence-electron chi connectivity index (χ4n) is 2.01. The molecule has 0 aromatic heterocycles. The summed E-state index contributed by atoms with van der Waals surface area (Å²) in [6.07, 6.45) is 3.95. The molecule has 1 aromatic carbocycles. The zero-order valence-electron chi connectivity index (χ0n) is 11.5. The molecule has 0 spiro atoms. The second-order valence-electron chi connectivity index (χ2n) is 4.37. The van der Waals surface area contributed by atoms with Crippen molar-refractivity contribution in [2.75, 3.05) is 11.4 Å². The number of hydrogen-bond acceptors (Lipinski definition) is 2. The number of carboxylic acids is 1. The van der Waals surface area contributed by atoms with Crippen LogP contribution >= 0.6 is 0 Å². The Morgan fingerprint density at radius 1 is 1.37 bits per heavy atom. The number of nitrogens with zero attached hydrogens (tertiary/aromatic N) is 1. The first-order chi connectivity index (χ1) is 8.97. The second kappa shape index (κ2) is 6.73. The summed E-state index contributed by atoms with van der Waals surface area (Å²) in [6.45, 7) is 4.99. The summed E-state index contributed by atoms with van der Waals surface area (Å²) in [5.41, 5.74) is 1.60. The van der Waals surface area contributed by atoms with Crippen LogP contribution < -0.4 is 4.90 Å². The van der Waals surface area contributed by atoms with Crippen LogP contribution in [-0.2, 0) is 9.59 Å². The standard InChI is InChI=1S/C15H19NO3/c1-4-7-11(2)13-8-5-6-9-14(13)16(12(3)17)10-15(18)19/h4-9,11H,10H2,1-3H3,(H,18,19). The van der Waals surface area contributed by atoms with Crippen LogP contribution in [0.5, 0.6) is 0 Å². The van der Waals surface area contributed by atoms with Gasteiger partial charge in [0.2, 0.25) is 5.91 Å². The molecule has 4 nitrogen and oxygen atoms in total. The molecule has 0 saturated carbocycles. The number of benzene rings is 1. The smallest absolute Gasteiger partial charge is 0.323 e. The first kappa shape index (κ1) is 15.0. The van der Waals surface area contributed by atoms with E-state index in [-0.39, 0.29) is 18.4 Å². The molecule has 1 amide bonds. The molecule has 0 saturated heterocycles. The average molecular weight is 261 g/mol. The van der Waals surface area contributed by atoms with E-state index in [4.69, 9.17) is 5.11 Å². The fourth-order valence-corrected chi connectivity index (χ4v) is 2.01. The Balaban J connectivity index is 3.22. The molecule has 102 valence electrons. The molecule has 1 aromatic rings. The Morgan fingerprint density at radius 2 is 2.00 bits per heavy atom. The minimum absolute atomic E-state index is 0.122. The third kappa shape index (κ3) is 3.95. The highest BCUT2D eigenvalue weighted by Crippen LogP contribution is 2.28. The number of anilines is 1. The molecule has 1 unspecified atom stereocenters. The van der Waals surface area contributed by atoms with Crippen LogP contribution in [0.25, 0.3) is 0 Å². The van der Waals surface area contributed by atoms with Gasteiger partial charge in [-0.2, -0.15) is 0 Å². The van der Waals surface area contributed by atoms with Crippen molar-refractivity contribution < 1.29 is 14.7 Å². The number of carboxylic acid groups (broad SMARTS) is 1. The van der Waals surface area contributed by atoms with Gasteiger partial charge < -0.3 is 10.0 Å². The number of allylic oxidation sites excluding steroid dienone is 2. The normalized spacial score (nSPS) is 12.4. The van der Waals surface area contributed by atoms with E-state index in [9.17, 15) is 9.59 Å². The first-order valence-electron chi connectivity index (χ1n) is 6.19. The third-order valence-electron chi connectivity index (χ3n) is 2.87. The Hall–Kier alpha value is -2.10. The van der Waals surface area contributed by atoms with Gasteiger partial charge >= 0.3 is 5.97 Å². The molecule has 0 aliphatic rings. The largest absolute Gasteiger partial charge is 0.480 e. The van der Waals surface area contributed by atoms with Crippen LogP contribution in [-0.4, -0.2) is 23.5 Å². The van der Waals surface area contributed by atoms with Crippen LogP contribution in [0.1, 0.15) is 32.3 Å². The van der Waals surface area contributed by atoms with E-state index < -0.39 is 5.97 Å². The highest BCUT2D eigenvalue weighted by molar-refractivity contribution is 5.96. The van der Waals surface area contributed by atoms with E-state index in [2.05, 4.69) is 0 Å². The summed E-state index contributed by atoms with van der Waals surface area (Å²) in [5, 5.41) is 8.92. The van der Waals surface area contributed by atoms with Crippen molar-refractivity contribution in [1.82, 2.24) is 0 Å². The van der Waals surface area contributed by atoms with Crippen molar-refractivity contribution in [1.29, 1.82) is 0 Å². The van der Waals surface area contributed by atoms with E-state index in [0.29, 0.717) is 5.69 Å². The lowest BCUT2D eigenvalue weighted by Gasteiger charge is -2.23. The van der Waals surface area contributed by atoms with E-state index in [0.717, 1.165) is 5.56 Å². The molecule has 19 heavy (non-hydrogen) atoms. The van der Waals surface area contributed by atoms with Gasteiger partial charge in [-0.15, -0.1) is 0 Å². The number of hydrogen-bond donors (Lipinski definition) is 1. The SMILES string of the molecule is CC=CC(C)c1ccccc1N(CC(=O)O)C(C)=O. The molecule has 0 fully saturated rings. The van der Waals surface area contributed by atoms with E-state index in [1.165, 1.54) is 11.8 Å².